The Morgan fingerprint density at radius 2 is 2.11 bits per heavy atom. The van der Waals surface area contributed by atoms with E-state index in [-0.39, 0.29) is 5.75 Å². The number of anilines is 1. The first-order valence-electron chi connectivity index (χ1n) is 6.06. The van der Waals surface area contributed by atoms with Crippen molar-refractivity contribution in [3.8, 4) is 0 Å². The lowest BCUT2D eigenvalue weighted by molar-refractivity contribution is 0.595. The maximum absolute atomic E-state index is 12.2. The molecule has 0 unspecified atom stereocenters. The van der Waals surface area contributed by atoms with Crippen molar-refractivity contribution in [1.82, 2.24) is 4.98 Å². The Kier molecular flexibility index (Phi) is 4.55. The fourth-order valence-corrected chi connectivity index (χ4v) is 3.83. The summed E-state index contributed by atoms with van der Waals surface area (Å²) in [4.78, 5) is 5.44. The lowest BCUT2D eigenvalue weighted by atomic mass is 10.3. The van der Waals surface area contributed by atoms with Gasteiger partial charge in [0.1, 0.15) is 0 Å². The summed E-state index contributed by atoms with van der Waals surface area (Å²) >= 11 is 1.54. The van der Waals surface area contributed by atoms with Crippen LogP contribution in [-0.2, 0) is 16.4 Å². The van der Waals surface area contributed by atoms with Gasteiger partial charge >= 0.3 is 0 Å². The summed E-state index contributed by atoms with van der Waals surface area (Å²) in [6.45, 7) is 2.45. The van der Waals surface area contributed by atoms with Crippen LogP contribution in [0.1, 0.15) is 18.2 Å². The Labute approximate surface area is 117 Å². The van der Waals surface area contributed by atoms with Gasteiger partial charge in [-0.2, -0.15) is 0 Å². The first kappa shape index (κ1) is 14.0. The number of nitrogens with zero attached hydrogens (tertiary/aromatic N) is 1. The van der Waals surface area contributed by atoms with Crippen molar-refractivity contribution in [2.45, 2.75) is 24.8 Å². The molecule has 0 aliphatic carbocycles. The largest absolute Gasteiger partial charge is 0.379 e. The van der Waals surface area contributed by atoms with E-state index in [2.05, 4.69) is 10.3 Å². The number of hydrogen-bond donors (Lipinski definition) is 1. The molecule has 0 aliphatic heterocycles. The van der Waals surface area contributed by atoms with Crippen LogP contribution in [0.2, 0.25) is 0 Å². The fraction of sp³-hybridized carbons (Fsp3) is 0.308. The van der Waals surface area contributed by atoms with Gasteiger partial charge in [-0.05, 0) is 18.6 Å². The van der Waals surface area contributed by atoms with Gasteiger partial charge in [0.25, 0.3) is 0 Å². The summed E-state index contributed by atoms with van der Waals surface area (Å²) in [6.07, 6.45) is 2.40. The number of hydrogen-bond acceptors (Lipinski definition) is 5. The van der Waals surface area contributed by atoms with Crippen LogP contribution in [0.3, 0.4) is 0 Å². The molecule has 1 aromatic carbocycles. The molecule has 2 aromatic rings. The lowest BCUT2D eigenvalue weighted by Crippen LogP contribution is -2.10. The molecule has 0 spiro atoms. The summed E-state index contributed by atoms with van der Waals surface area (Å²) in [7, 11) is -3.21. The van der Waals surface area contributed by atoms with Crippen molar-refractivity contribution in [2.75, 3.05) is 11.1 Å². The molecule has 102 valence electrons. The highest BCUT2D eigenvalue weighted by atomic mass is 32.2. The molecule has 1 aromatic heterocycles. The normalized spacial score (nSPS) is 11.4. The SMILES string of the molecule is CCCS(=O)(=O)c1ccccc1NCc1cncs1. The minimum atomic E-state index is -3.21. The van der Waals surface area contributed by atoms with Gasteiger partial charge in [0.05, 0.1) is 28.4 Å². The zero-order valence-corrected chi connectivity index (χ0v) is 12.3. The van der Waals surface area contributed by atoms with Crippen LogP contribution in [0.25, 0.3) is 0 Å². The Morgan fingerprint density at radius 3 is 2.79 bits per heavy atom. The molecule has 0 aliphatic rings. The predicted molar refractivity (Wildman–Crippen MR) is 78.2 cm³/mol. The predicted octanol–water partition coefficient (Wildman–Crippen LogP) is 2.94. The van der Waals surface area contributed by atoms with Crippen LogP contribution >= 0.6 is 11.3 Å². The summed E-state index contributed by atoms with van der Waals surface area (Å²) in [5, 5.41) is 3.17. The Morgan fingerprint density at radius 1 is 1.32 bits per heavy atom. The highest BCUT2D eigenvalue weighted by Crippen LogP contribution is 2.23. The molecule has 1 heterocycles. The standard InChI is InChI=1S/C13H16N2O2S2/c1-2-7-19(16,17)13-6-4-3-5-12(13)15-9-11-8-14-10-18-11/h3-6,8,10,15H,2,7,9H2,1H3. The second-order valence-corrected chi connectivity index (χ2v) is 7.18. The second-order valence-electron chi connectivity index (χ2n) is 4.14. The number of thiazole rings is 1. The molecule has 0 saturated heterocycles. The molecule has 2 rings (SSSR count). The van der Waals surface area contributed by atoms with E-state index < -0.39 is 9.84 Å². The van der Waals surface area contributed by atoms with Gasteiger partial charge in [-0.1, -0.05) is 19.1 Å². The van der Waals surface area contributed by atoms with E-state index in [9.17, 15) is 8.42 Å². The molecular formula is C13H16N2O2S2. The minimum Gasteiger partial charge on any atom is -0.379 e. The van der Waals surface area contributed by atoms with Crippen molar-refractivity contribution in [3.63, 3.8) is 0 Å². The highest BCUT2D eigenvalue weighted by Gasteiger charge is 2.17. The number of para-hydroxylation sites is 1. The molecule has 0 saturated carbocycles. The van der Waals surface area contributed by atoms with Crippen LogP contribution in [-0.4, -0.2) is 19.2 Å². The average Bonchev–Trinajstić information content (AvgIpc) is 2.90. The third kappa shape index (κ3) is 3.54. The molecule has 6 heteroatoms. The molecule has 19 heavy (non-hydrogen) atoms. The first-order chi connectivity index (χ1) is 9.13. The van der Waals surface area contributed by atoms with Gasteiger partial charge in [-0.3, -0.25) is 4.98 Å². The molecule has 0 bridgehead atoms. The van der Waals surface area contributed by atoms with Crippen molar-refractivity contribution in [3.05, 3.63) is 40.8 Å². The number of benzene rings is 1. The van der Waals surface area contributed by atoms with Crippen molar-refractivity contribution in [1.29, 1.82) is 0 Å². The molecule has 1 N–H and O–H groups in total. The maximum Gasteiger partial charge on any atom is 0.180 e. The van der Waals surface area contributed by atoms with E-state index in [1.807, 2.05) is 13.0 Å². The van der Waals surface area contributed by atoms with E-state index >= 15 is 0 Å². The molecule has 0 radical (unpaired) electrons. The van der Waals surface area contributed by atoms with Crippen molar-refractivity contribution in [2.24, 2.45) is 0 Å². The Hall–Kier alpha value is -1.40. The van der Waals surface area contributed by atoms with E-state index in [1.165, 1.54) is 0 Å². The molecule has 0 fully saturated rings. The van der Waals surface area contributed by atoms with Crippen molar-refractivity contribution >= 4 is 26.9 Å². The average molecular weight is 296 g/mol. The van der Waals surface area contributed by atoms with Gasteiger partial charge in [-0.25, -0.2) is 8.42 Å². The van der Waals surface area contributed by atoms with Crippen LogP contribution in [0.15, 0.2) is 40.9 Å². The molecule has 4 nitrogen and oxygen atoms in total. The summed E-state index contributed by atoms with van der Waals surface area (Å²) < 4.78 is 24.3. The summed E-state index contributed by atoms with van der Waals surface area (Å²) in [6, 6.07) is 7.03. The van der Waals surface area contributed by atoms with E-state index in [0.29, 0.717) is 23.5 Å². The number of nitrogens with one attached hydrogen (secondary N) is 1. The zero-order chi connectivity index (χ0) is 13.7. The van der Waals surface area contributed by atoms with Crippen LogP contribution in [0, 0.1) is 0 Å². The van der Waals surface area contributed by atoms with E-state index in [4.69, 9.17) is 0 Å². The zero-order valence-electron chi connectivity index (χ0n) is 10.7. The molecular weight excluding hydrogens is 280 g/mol. The monoisotopic (exact) mass is 296 g/mol. The van der Waals surface area contributed by atoms with Gasteiger partial charge in [0, 0.05) is 11.1 Å². The van der Waals surface area contributed by atoms with Crippen LogP contribution in [0.4, 0.5) is 5.69 Å². The summed E-state index contributed by atoms with van der Waals surface area (Å²) in [5.41, 5.74) is 2.42. The smallest absolute Gasteiger partial charge is 0.180 e. The third-order valence-corrected chi connectivity index (χ3v) is 5.38. The lowest BCUT2D eigenvalue weighted by Gasteiger charge is -2.11. The maximum atomic E-state index is 12.2. The van der Waals surface area contributed by atoms with Gasteiger partial charge in [-0.15, -0.1) is 11.3 Å². The van der Waals surface area contributed by atoms with Crippen LogP contribution in [0.5, 0.6) is 0 Å². The number of aromatic nitrogens is 1. The van der Waals surface area contributed by atoms with Gasteiger partial charge in [0.2, 0.25) is 0 Å². The van der Waals surface area contributed by atoms with Gasteiger partial charge in [0.15, 0.2) is 9.84 Å². The first-order valence-corrected chi connectivity index (χ1v) is 8.59. The number of sulfone groups is 1. The van der Waals surface area contributed by atoms with E-state index in [0.717, 1.165) is 4.88 Å². The Bertz CT molecular complexity index is 622. The van der Waals surface area contributed by atoms with Gasteiger partial charge < -0.3 is 5.32 Å². The fourth-order valence-electron chi connectivity index (χ4n) is 1.77. The second kappa shape index (κ2) is 6.16. The molecule has 0 atom stereocenters. The van der Waals surface area contributed by atoms with Crippen LogP contribution < -0.4 is 5.32 Å². The summed E-state index contributed by atoms with van der Waals surface area (Å²) in [5.74, 6) is 0.173. The Balaban J connectivity index is 2.21. The highest BCUT2D eigenvalue weighted by molar-refractivity contribution is 7.91. The van der Waals surface area contributed by atoms with Crippen molar-refractivity contribution < 1.29 is 8.42 Å². The minimum absolute atomic E-state index is 0.173. The third-order valence-electron chi connectivity index (χ3n) is 2.63. The number of rotatable bonds is 6. The van der Waals surface area contributed by atoms with E-state index in [1.54, 1.807) is 41.2 Å². The quantitative estimate of drug-likeness (QED) is 0.890. The molecule has 0 amide bonds. The topological polar surface area (TPSA) is 59.1 Å².